The van der Waals surface area contributed by atoms with Gasteiger partial charge in [-0.15, -0.1) is 0 Å². The third kappa shape index (κ3) is 3.85. The normalized spacial score (nSPS) is 17.8. The zero-order chi connectivity index (χ0) is 17.9. The fourth-order valence-electron chi connectivity index (χ4n) is 3.31. The van der Waals surface area contributed by atoms with Gasteiger partial charge in [-0.05, 0) is 49.9 Å². The molecule has 2 atom stereocenters. The Morgan fingerprint density at radius 1 is 1.12 bits per heavy atom. The molecule has 3 N–H and O–H groups in total. The summed E-state index contributed by atoms with van der Waals surface area (Å²) in [6.07, 6.45) is 2.50. The Balaban J connectivity index is 1.72. The van der Waals surface area contributed by atoms with Crippen LogP contribution in [0.25, 0.3) is 0 Å². The lowest BCUT2D eigenvalue weighted by atomic mass is 9.91. The zero-order valence-corrected chi connectivity index (χ0v) is 15.0. The van der Waals surface area contributed by atoms with Crippen LogP contribution in [-0.2, 0) is 10.3 Å². The average molecular weight is 337 g/mol. The van der Waals surface area contributed by atoms with Crippen LogP contribution in [0.3, 0.4) is 0 Å². The van der Waals surface area contributed by atoms with Crippen molar-refractivity contribution in [3.8, 4) is 0 Å². The molecule has 3 rings (SSSR count). The summed E-state index contributed by atoms with van der Waals surface area (Å²) in [4.78, 5) is 15.1. The van der Waals surface area contributed by atoms with Crippen molar-refractivity contribution in [2.45, 2.75) is 38.3 Å². The first-order valence-electron chi connectivity index (χ1n) is 8.99. The van der Waals surface area contributed by atoms with E-state index in [1.807, 2.05) is 37.3 Å². The summed E-state index contributed by atoms with van der Waals surface area (Å²) in [5.74, 6) is -0.169. The summed E-state index contributed by atoms with van der Waals surface area (Å²) >= 11 is 0. The van der Waals surface area contributed by atoms with Crippen molar-refractivity contribution >= 4 is 11.6 Å². The van der Waals surface area contributed by atoms with Gasteiger partial charge in [0.25, 0.3) is 0 Å². The van der Waals surface area contributed by atoms with Gasteiger partial charge in [0.2, 0.25) is 5.91 Å². The molecule has 0 spiro atoms. The maximum absolute atomic E-state index is 12.7. The molecule has 0 aromatic heterocycles. The molecule has 4 heteroatoms. The van der Waals surface area contributed by atoms with Gasteiger partial charge in [0.1, 0.15) is 5.54 Å². The number of carbonyl (C=O) groups excluding carboxylic acids is 1. The van der Waals surface area contributed by atoms with E-state index < -0.39 is 5.54 Å². The van der Waals surface area contributed by atoms with Crippen LogP contribution in [0.15, 0.2) is 54.6 Å². The van der Waals surface area contributed by atoms with Crippen LogP contribution >= 0.6 is 0 Å². The fourth-order valence-corrected chi connectivity index (χ4v) is 3.31. The number of nitrogens with one attached hydrogen (secondary N) is 1. The van der Waals surface area contributed by atoms with E-state index in [2.05, 4.69) is 34.5 Å². The van der Waals surface area contributed by atoms with Crippen LogP contribution in [0.2, 0.25) is 0 Å². The lowest BCUT2D eigenvalue weighted by Crippen LogP contribution is -2.49. The number of nitrogens with zero attached hydrogens (tertiary/aromatic N) is 1. The molecule has 25 heavy (non-hydrogen) atoms. The minimum absolute atomic E-state index is 0.0957. The van der Waals surface area contributed by atoms with Crippen molar-refractivity contribution in [1.82, 2.24) is 5.32 Å². The van der Waals surface area contributed by atoms with E-state index in [9.17, 15) is 4.79 Å². The molecule has 1 fully saturated rings. The lowest BCUT2D eigenvalue weighted by Gasteiger charge is -2.27. The van der Waals surface area contributed by atoms with Gasteiger partial charge in [-0.2, -0.15) is 0 Å². The first kappa shape index (κ1) is 17.5. The number of rotatable bonds is 5. The van der Waals surface area contributed by atoms with Gasteiger partial charge in [0.15, 0.2) is 0 Å². The van der Waals surface area contributed by atoms with E-state index in [1.54, 1.807) is 6.92 Å². The molecule has 132 valence electrons. The van der Waals surface area contributed by atoms with Gasteiger partial charge in [-0.25, -0.2) is 0 Å². The maximum atomic E-state index is 12.7. The van der Waals surface area contributed by atoms with Gasteiger partial charge in [-0.1, -0.05) is 42.5 Å². The topological polar surface area (TPSA) is 58.4 Å². The Morgan fingerprint density at radius 2 is 1.80 bits per heavy atom. The van der Waals surface area contributed by atoms with E-state index in [0.29, 0.717) is 0 Å². The Hall–Kier alpha value is -2.33. The van der Waals surface area contributed by atoms with Gasteiger partial charge >= 0.3 is 0 Å². The van der Waals surface area contributed by atoms with Crippen molar-refractivity contribution in [2.24, 2.45) is 5.73 Å². The Bertz CT molecular complexity index is 721. The molecule has 0 saturated carbocycles. The Labute approximate surface area is 150 Å². The van der Waals surface area contributed by atoms with Crippen LogP contribution in [-0.4, -0.2) is 19.0 Å². The molecule has 1 aliphatic heterocycles. The van der Waals surface area contributed by atoms with Crippen LogP contribution in [0, 0.1) is 0 Å². The van der Waals surface area contributed by atoms with Crippen LogP contribution in [0.5, 0.6) is 0 Å². The van der Waals surface area contributed by atoms with Gasteiger partial charge in [-0.3, -0.25) is 4.79 Å². The van der Waals surface area contributed by atoms with E-state index >= 15 is 0 Å². The lowest BCUT2D eigenvalue weighted by molar-refractivity contribution is -0.126. The van der Waals surface area contributed by atoms with E-state index in [1.165, 1.54) is 18.5 Å². The standard InChI is InChI=1S/C21H27N3O/c1-16(17-9-8-12-19(15-17)24-13-6-7-14-24)23-20(25)21(2,22)18-10-4-3-5-11-18/h3-5,8-12,15-16H,6-7,13-14,22H2,1-2H3,(H,23,25). The minimum atomic E-state index is -1.05. The molecule has 2 aromatic carbocycles. The number of amides is 1. The second-order valence-corrected chi connectivity index (χ2v) is 7.05. The predicted molar refractivity (Wildman–Crippen MR) is 102 cm³/mol. The number of anilines is 1. The summed E-state index contributed by atoms with van der Waals surface area (Å²) in [5.41, 5.74) is 8.40. The second-order valence-electron chi connectivity index (χ2n) is 7.05. The molecule has 0 aliphatic carbocycles. The molecule has 4 nitrogen and oxygen atoms in total. The van der Waals surface area contributed by atoms with Crippen molar-refractivity contribution < 1.29 is 4.79 Å². The summed E-state index contributed by atoms with van der Waals surface area (Å²) in [7, 11) is 0. The molecule has 2 aromatic rings. The van der Waals surface area contributed by atoms with Crippen molar-refractivity contribution in [3.63, 3.8) is 0 Å². The number of nitrogens with two attached hydrogens (primary N) is 1. The zero-order valence-electron chi connectivity index (χ0n) is 15.0. The highest BCUT2D eigenvalue weighted by Gasteiger charge is 2.31. The molecule has 1 amide bonds. The van der Waals surface area contributed by atoms with E-state index in [0.717, 1.165) is 24.2 Å². The Kier molecular flexibility index (Phi) is 5.09. The summed E-state index contributed by atoms with van der Waals surface area (Å²) in [5, 5.41) is 3.07. The predicted octanol–water partition coefficient (Wildman–Crippen LogP) is 3.34. The van der Waals surface area contributed by atoms with Crippen molar-refractivity contribution in [1.29, 1.82) is 0 Å². The van der Waals surface area contributed by atoms with Crippen LogP contribution in [0.1, 0.15) is 43.9 Å². The number of hydrogen-bond acceptors (Lipinski definition) is 3. The highest BCUT2D eigenvalue weighted by molar-refractivity contribution is 5.87. The third-order valence-electron chi connectivity index (χ3n) is 5.03. The van der Waals surface area contributed by atoms with E-state index in [-0.39, 0.29) is 11.9 Å². The molecule has 1 heterocycles. The highest BCUT2D eigenvalue weighted by atomic mass is 16.2. The fraction of sp³-hybridized carbons (Fsp3) is 0.381. The molecule has 0 bridgehead atoms. The van der Waals surface area contributed by atoms with Crippen LogP contribution in [0.4, 0.5) is 5.69 Å². The minimum Gasteiger partial charge on any atom is -0.372 e. The number of hydrogen-bond donors (Lipinski definition) is 2. The molecule has 1 aliphatic rings. The molecular formula is C21H27N3O. The second kappa shape index (κ2) is 7.28. The third-order valence-corrected chi connectivity index (χ3v) is 5.03. The summed E-state index contributed by atoms with van der Waals surface area (Å²) in [6.45, 7) is 5.98. The van der Waals surface area contributed by atoms with Crippen molar-refractivity contribution in [3.05, 3.63) is 65.7 Å². The summed E-state index contributed by atoms with van der Waals surface area (Å²) in [6, 6.07) is 17.8. The molecular weight excluding hydrogens is 310 g/mol. The number of carbonyl (C=O) groups is 1. The van der Waals surface area contributed by atoms with E-state index in [4.69, 9.17) is 5.73 Å². The monoisotopic (exact) mass is 337 g/mol. The number of benzene rings is 2. The summed E-state index contributed by atoms with van der Waals surface area (Å²) < 4.78 is 0. The Morgan fingerprint density at radius 3 is 2.48 bits per heavy atom. The first-order chi connectivity index (χ1) is 12.0. The quantitative estimate of drug-likeness (QED) is 0.880. The first-order valence-corrected chi connectivity index (χ1v) is 8.99. The van der Waals surface area contributed by atoms with Gasteiger partial charge in [0, 0.05) is 18.8 Å². The SMILES string of the molecule is CC(NC(=O)C(C)(N)c1ccccc1)c1cccc(N2CCCC2)c1. The molecule has 2 unspecified atom stereocenters. The smallest absolute Gasteiger partial charge is 0.244 e. The molecule has 0 radical (unpaired) electrons. The molecule has 1 saturated heterocycles. The van der Waals surface area contributed by atoms with Crippen LogP contribution < -0.4 is 16.0 Å². The largest absolute Gasteiger partial charge is 0.372 e. The van der Waals surface area contributed by atoms with Gasteiger partial charge in [0.05, 0.1) is 6.04 Å². The van der Waals surface area contributed by atoms with Crippen molar-refractivity contribution in [2.75, 3.05) is 18.0 Å². The average Bonchev–Trinajstić information content (AvgIpc) is 3.17. The van der Waals surface area contributed by atoms with Gasteiger partial charge < -0.3 is 16.0 Å². The maximum Gasteiger partial charge on any atom is 0.244 e. The highest BCUT2D eigenvalue weighted by Crippen LogP contribution is 2.25.